The molecule has 314 valence electrons. The fraction of sp³-hybridized carbons (Fsp3) is 0.543. The lowest BCUT2D eigenvalue weighted by molar-refractivity contribution is -0.228. The van der Waals surface area contributed by atoms with Crippen molar-refractivity contribution in [1.29, 1.82) is 0 Å². The number of fused-ring (bicyclic) bond motifs is 6. The van der Waals surface area contributed by atoms with E-state index in [-0.39, 0.29) is 12.5 Å². The van der Waals surface area contributed by atoms with Gasteiger partial charge in [0.15, 0.2) is 6.10 Å². The Hall–Kier alpha value is -4.69. The average Bonchev–Trinajstić information content (AvgIpc) is 3.90. The predicted octanol–water partition coefficient (Wildman–Crippen LogP) is 4.11. The van der Waals surface area contributed by atoms with Crippen LogP contribution in [0.5, 0.6) is 5.75 Å². The summed E-state index contributed by atoms with van der Waals surface area (Å²) in [5, 5.41) is 26.4. The van der Waals surface area contributed by atoms with Crippen LogP contribution in [-0.4, -0.2) is 127 Å². The Kier molecular flexibility index (Phi) is 9.39. The van der Waals surface area contributed by atoms with Crippen molar-refractivity contribution in [2.45, 2.75) is 93.7 Å². The molecule has 5 aliphatic heterocycles. The fourth-order valence-corrected chi connectivity index (χ4v) is 13.0. The van der Waals surface area contributed by atoms with Crippen molar-refractivity contribution in [3.8, 4) is 5.75 Å². The van der Waals surface area contributed by atoms with Gasteiger partial charge < -0.3 is 39.0 Å². The SMILES string of the molecule is CCC1=C[C@@H]2C[C@](C(=O)OC)(c3cc4c(cc3OC)N(C)[C@H]3[C@@](O)(C(=O)OC)[C@H](OC(C)=O)[C@]5(CC)C=CCN6CC[C@]43[C@@H]65)c3[nH]c4ccccc4c3CCN(C1)C2O. The summed E-state index contributed by atoms with van der Waals surface area (Å²) in [7, 11) is 6.09. The van der Waals surface area contributed by atoms with Gasteiger partial charge in [-0.15, -0.1) is 0 Å². The van der Waals surface area contributed by atoms with Gasteiger partial charge >= 0.3 is 17.9 Å². The van der Waals surface area contributed by atoms with Gasteiger partial charge in [0.25, 0.3) is 0 Å². The molecule has 2 bridgehead atoms. The first-order chi connectivity index (χ1) is 28.3. The minimum atomic E-state index is -2.31. The van der Waals surface area contributed by atoms with Crippen molar-refractivity contribution in [2.75, 3.05) is 59.5 Å². The molecule has 13 nitrogen and oxygen atoms in total. The number of ether oxygens (including phenoxy) is 4. The second kappa shape index (κ2) is 13.9. The van der Waals surface area contributed by atoms with Crippen molar-refractivity contribution in [3.63, 3.8) is 0 Å². The molecule has 1 aliphatic carbocycles. The number of methoxy groups -OCH3 is 3. The number of anilines is 1. The molecule has 1 saturated carbocycles. The van der Waals surface area contributed by atoms with E-state index >= 15 is 4.79 Å². The summed E-state index contributed by atoms with van der Waals surface area (Å²) in [5.41, 5.74) is 0.109. The fourth-order valence-electron chi connectivity index (χ4n) is 13.0. The minimum absolute atomic E-state index is 0.167. The van der Waals surface area contributed by atoms with Gasteiger partial charge in [-0.2, -0.15) is 0 Å². The number of aliphatic hydroxyl groups excluding tert-OH is 1. The topological polar surface area (TPSA) is 154 Å². The number of H-pyrrole nitrogens is 1. The minimum Gasteiger partial charge on any atom is -0.496 e. The van der Waals surface area contributed by atoms with Crippen LogP contribution in [0.1, 0.15) is 68.8 Å². The van der Waals surface area contributed by atoms with Crippen molar-refractivity contribution in [2.24, 2.45) is 11.3 Å². The predicted molar refractivity (Wildman–Crippen MR) is 220 cm³/mol. The third-order valence-corrected chi connectivity index (χ3v) is 15.2. The first kappa shape index (κ1) is 39.8. The number of aliphatic hydroxyl groups is 2. The van der Waals surface area contributed by atoms with Gasteiger partial charge in [0.1, 0.15) is 17.4 Å². The third kappa shape index (κ3) is 5.07. The number of carbonyl (C=O) groups is 3. The lowest BCUT2D eigenvalue weighted by Crippen LogP contribution is -2.81. The second-order valence-corrected chi connectivity index (χ2v) is 17.5. The Morgan fingerprint density at radius 3 is 2.44 bits per heavy atom. The lowest BCUT2D eigenvalue weighted by Gasteiger charge is -2.63. The number of carbonyl (C=O) groups excluding carboxylic acids is 3. The van der Waals surface area contributed by atoms with Crippen molar-refractivity contribution in [1.82, 2.24) is 14.8 Å². The molecule has 3 N–H and O–H groups in total. The van der Waals surface area contributed by atoms with Gasteiger partial charge in [0.05, 0.1) is 27.4 Å². The smallest absolute Gasteiger partial charge is 0.344 e. The van der Waals surface area contributed by atoms with E-state index in [9.17, 15) is 19.8 Å². The van der Waals surface area contributed by atoms with E-state index in [0.717, 1.165) is 34.1 Å². The number of hydrogen-bond donors (Lipinski definition) is 3. The van der Waals surface area contributed by atoms with Crippen LogP contribution in [0, 0.1) is 11.3 Å². The highest BCUT2D eigenvalue weighted by atomic mass is 16.6. The molecule has 1 spiro atoms. The Bertz CT molecular complexity index is 2300. The summed E-state index contributed by atoms with van der Waals surface area (Å²) < 4.78 is 23.9. The maximum atomic E-state index is 15.3. The summed E-state index contributed by atoms with van der Waals surface area (Å²) in [6.07, 6.45) is 6.64. The van der Waals surface area contributed by atoms with Crippen molar-refractivity contribution in [3.05, 3.63) is 82.6 Å². The zero-order valence-corrected chi connectivity index (χ0v) is 35.0. The molecule has 2 aromatic carbocycles. The summed E-state index contributed by atoms with van der Waals surface area (Å²) in [6, 6.07) is 10.8. The van der Waals surface area contributed by atoms with Crippen molar-refractivity contribution < 1.29 is 43.5 Å². The standard InChI is InChI=1S/C46H56N4O9/c1-8-27-21-28-24-45(41(53)57-6,36-30(15-19-50(25-27)37(28)52)29-13-10-11-14-33(29)47-36)32-22-31-34(23-35(32)56-5)48(4)39-44(31)17-20-49-18-12-16-43(9-2,38(44)49)40(59-26(3)51)46(39,55)42(54)58-7/h10-14,16,21-23,28,37-40,47,52,55H,8-9,15,17-20,24-25H2,1-7H3/t28-,37?,38+,39-,40-,43-,44-,45+,46+/m1/s1. The van der Waals surface area contributed by atoms with E-state index in [1.165, 1.54) is 26.7 Å². The number of nitrogens with one attached hydrogen (secondary N) is 1. The highest BCUT2D eigenvalue weighted by molar-refractivity contribution is 5.95. The zero-order chi connectivity index (χ0) is 41.8. The molecule has 1 aromatic heterocycles. The Balaban J connectivity index is 1.38. The van der Waals surface area contributed by atoms with Crippen LogP contribution >= 0.6 is 0 Å². The van der Waals surface area contributed by atoms with E-state index in [0.29, 0.717) is 62.4 Å². The number of para-hydroxylation sites is 1. The van der Waals surface area contributed by atoms with Crippen LogP contribution in [0.2, 0.25) is 0 Å². The first-order valence-corrected chi connectivity index (χ1v) is 21.0. The van der Waals surface area contributed by atoms with Crippen molar-refractivity contribution >= 4 is 34.5 Å². The molecule has 6 heterocycles. The molecular weight excluding hydrogens is 753 g/mol. The van der Waals surface area contributed by atoms with Crippen LogP contribution < -0.4 is 9.64 Å². The molecule has 0 radical (unpaired) electrons. The zero-order valence-electron chi connectivity index (χ0n) is 35.0. The number of likely N-dealkylation sites (N-methyl/N-ethyl adjacent to an activating group) is 1. The molecular formula is C46H56N4O9. The van der Waals surface area contributed by atoms with Crippen LogP contribution in [0.3, 0.4) is 0 Å². The molecule has 2 fully saturated rings. The summed E-state index contributed by atoms with van der Waals surface area (Å²) in [6.45, 7) is 7.93. The molecule has 0 amide bonds. The van der Waals surface area contributed by atoms with Gasteiger partial charge in [-0.1, -0.05) is 55.8 Å². The Morgan fingerprint density at radius 2 is 1.75 bits per heavy atom. The van der Waals surface area contributed by atoms with Crippen LogP contribution in [0.15, 0.2) is 60.2 Å². The lowest BCUT2D eigenvalue weighted by atomic mass is 9.47. The Morgan fingerprint density at radius 1 is 0.983 bits per heavy atom. The van der Waals surface area contributed by atoms with E-state index in [1.807, 2.05) is 55.3 Å². The molecule has 6 aliphatic rings. The first-order valence-electron chi connectivity index (χ1n) is 21.0. The van der Waals surface area contributed by atoms with E-state index in [2.05, 4.69) is 39.9 Å². The number of hydrogen-bond acceptors (Lipinski definition) is 12. The third-order valence-electron chi connectivity index (χ3n) is 15.2. The summed E-state index contributed by atoms with van der Waals surface area (Å²) in [4.78, 5) is 52.8. The highest BCUT2D eigenvalue weighted by Crippen LogP contribution is 2.68. The number of aromatic nitrogens is 1. The maximum absolute atomic E-state index is 15.3. The molecule has 13 heteroatoms. The molecule has 1 saturated heterocycles. The summed E-state index contributed by atoms with van der Waals surface area (Å²) >= 11 is 0. The molecule has 3 aromatic rings. The average molecular weight is 809 g/mol. The van der Waals surface area contributed by atoms with E-state index in [4.69, 9.17) is 18.9 Å². The van der Waals surface area contributed by atoms with Crippen LogP contribution in [-0.2, 0) is 45.8 Å². The van der Waals surface area contributed by atoms with Gasteiger partial charge in [-0.05, 0) is 61.9 Å². The number of rotatable bonds is 7. The van der Waals surface area contributed by atoms with Gasteiger partial charge in [0, 0.05) is 90.3 Å². The number of aromatic amines is 1. The van der Waals surface area contributed by atoms with Gasteiger partial charge in [-0.25, -0.2) is 4.79 Å². The number of benzene rings is 2. The van der Waals surface area contributed by atoms with Crippen LogP contribution in [0.25, 0.3) is 10.9 Å². The second-order valence-electron chi connectivity index (χ2n) is 17.5. The largest absolute Gasteiger partial charge is 0.496 e. The monoisotopic (exact) mass is 808 g/mol. The van der Waals surface area contributed by atoms with Gasteiger partial charge in [-0.3, -0.25) is 19.4 Å². The molecule has 59 heavy (non-hydrogen) atoms. The van der Waals surface area contributed by atoms with E-state index < -0.39 is 64.0 Å². The molecule has 10 atom stereocenters. The normalized spacial score (nSPS) is 35.6. The number of nitrogens with zero attached hydrogens (tertiary/aromatic N) is 3. The van der Waals surface area contributed by atoms with Crippen LogP contribution in [0.4, 0.5) is 5.69 Å². The highest BCUT2D eigenvalue weighted by Gasteiger charge is 2.80. The van der Waals surface area contributed by atoms with Gasteiger partial charge in [0.2, 0.25) is 5.60 Å². The molecule has 9 rings (SSSR count). The maximum Gasteiger partial charge on any atom is 0.344 e. The summed E-state index contributed by atoms with van der Waals surface area (Å²) in [5.74, 6) is -2.03. The quantitative estimate of drug-likeness (QED) is 0.179. The van der Waals surface area contributed by atoms with E-state index in [1.54, 1.807) is 7.11 Å². The number of esters is 3. The Labute approximate surface area is 344 Å². The molecule has 2 unspecified atom stereocenters.